The van der Waals surface area contributed by atoms with Gasteiger partial charge in [0.2, 0.25) is 0 Å². The van der Waals surface area contributed by atoms with Crippen molar-refractivity contribution in [2.24, 2.45) is 0 Å². The molecule has 12 rings (SSSR count). The van der Waals surface area contributed by atoms with E-state index in [1.54, 1.807) is 0 Å². The zero-order valence-electron chi connectivity index (χ0n) is 41.3. The minimum Gasteiger partial charge on any atom is -0.456 e. The summed E-state index contributed by atoms with van der Waals surface area (Å²) >= 11 is 0. The third-order valence-corrected chi connectivity index (χ3v) is 18.7. The summed E-state index contributed by atoms with van der Waals surface area (Å²) in [5.41, 5.74) is 14.4. The van der Waals surface area contributed by atoms with E-state index in [-0.39, 0.29) is 0 Å². The van der Waals surface area contributed by atoms with Gasteiger partial charge in [0.15, 0.2) is 0 Å². The van der Waals surface area contributed by atoms with Crippen molar-refractivity contribution in [2.75, 3.05) is 9.80 Å². The number of aryl methyl sites for hydroxylation is 2. The molecule has 2 heterocycles. The van der Waals surface area contributed by atoms with Crippen LogP contribution in [0.25, 0.3) is 71.0 Å². The summed E-state index contributed by atoms with van der Waals surface area (Å²) in [5, 5.41) is 12.4. The van der Waals surface area contributed by atoms with Gasteiger partial charge >= 0.3 is 0 Å². The average Bonchev–Trinajstić information content (AvgIpc) is 3.90. The lowest BCUT2D eigenvalue weighted by Crippen LogP contribution is -2.37. The van der Waals surface area contributed by atoms with Gasteiger partial charge in [-0.25, -0.2) is 0 Å². The molecule has 0 unspecified atom stereocenters. The number of hydrogen-bond acceptors (Lipinski definition) is 3. The Morgan fingerprint density at radius 3 is 1.21 bits per heavy atom. The van der Waals surface area contributed by atoms with Gasteiger partial charge in [0.05, 0.1) is 38.6 Å². The van der Waals surface area contributed by atoms with Crippen molar-refractivity contribution in [1.82, 2.24) is 4.57 Å². The molecule has 0 fully saturated rings. The van der Waals surface area contributed by atoms with Crippen molar-refractivity contribution in [3.63, 3.8) is 0 Å². The topological polar surface area (TPSA) is 24.6 Å². The number of hydrogen-bond donors (Lipinski definition) is 0. The van der Waals surface area contributed by atoms with Gasteiger partial charge in [0, 0.05) is 60.8 Å². The summed E-state index contributed by atoms with van der Waals surface area (Å²) < 4.78 is 9.01. The fourth-order valence-electron chi connectivity index (χ4n) is 10.9. The maximum Gasteiger partial charge on any atom is 0.135 e. The first-order chi connectivity index (χ1) is 33.8. The van der Waals surface area contributed by atoms with Gasteiger partial charge in [0.1, 0.15) is 11.2 Å². The molecule has 0 saturated heterocycles. The van der Waals surface area contributed by atoms with E-state index >= 15 is 0 Å². The highest BCUT2D eigenvalue weighted by Gasteiger charge is 2.28. The highest BCUT2D eigenvalue weighted by molar-refractivity contribution is 6.89. The second-order valence-corrected chi connectivity index (χ2v) is 31.3. The minimum atomic E-state index is -1.56. The van der Waals surface area contributed by atoms with E-state index in [0.29, 0.717) is 0 Å². The van der Waals surface area contributed by atoms with Gasteiger partial charge in [-0.05, 0) is 109 Å². The van der Waals surface area contributed by atoms with E-state index in [4.69, 9.17) is 4.42 Å². The summed E-state index contributed by atoms with van der Waals surface area (Å²) in [7, 11) is -3.12. The molecule has 342 valence electrons. The van der Waals surface area contributed by atoms with Crippen molar-refractivity contribution in [3.8, 4) is 5.69 Å². The fourth-order valence-corrected chi connectivity index (χ4v) is 13.2. The van der Waals surface area contributed by atoms with Crippen molar-refractivity contribution < 1.29 is 4.42 Å². The van der Waals surface area contributed by atoms with E-state index in [0.717, 1.165) is 72.8 Å². The summed E-state index contributed by atoms with van der Waals surface area (Å²) in [4.78, 5) is 4.99. The molecular formula is C64H57N3OSi2. The molecule has 0 N–H and O–H groups in total. The van der Waals surface area contributed by atoms with Gasteiger partial charge < -0.3 is 18.8 Å². The molecule has 0 aliphatic rings. The van der Waals surface area contributed by atoms with Gasteiger partial charge in [-0.3, -0.25) is 0 Å². The van der Waals surface area contributed by atoms with Crippen LogP contribution in [0.4, 0.5) is 34.1 Å². The number of anilines is 6. The molecule has 0 bridgehead atoms. The molecule has 10 aromatic carbocycles. The molecule has 0 aliphatic carbocycles. The molecule has 70 heavy (non-hydrogen) atoms. The summed E-state index contributed by atoms with van der Waals surface area (Å²) in [6.45, 7) is 19.0. The molecule has 0 aliphatic heterocycles. The number of rotatable bonds is 9. The van der Waals surface area contributed by atoms with Gasteiger partial charge in [-0.1, -0.05) is 177 Å². The quantitative estimate of drug-likeness (QED) is 0.135. The Hall–Kier alpha value is -7.65. The Kier molecular flexibility index (Phi) is 10.3. The number of aromatic nitrogens is 1. The summed E-state index contributed by atoms with van der Waals surface area (Å²) in [6, 6.07) is 74.6. The van der Waals surface area contributed by atoms with E-state index in [1.165, 1.54) is 53.8 Å². The number of furan rings is 1. The lowest BCUT2D eigenvalue weighted by atomic mass is 9.96. The summed E-state index contributed by atoms with van der Waals surface area (Å²) in [6.07, 6.45) is 0. The van der Waals surface area contributed by atoms with Crippen LogP contribution in [-0.4, -0.2) is 20.7 Å². The zero-order valence-corrected chi connectivity index (χ0v) is 43.3. The van der Waals surface area contributed by atoms with Crippen LogP contribution in [-0.2, 0) is 0 Å². The molecular weight excluding hydrogens is 883 g/mol. The average molecular weight is 940 g/mol. The Bertz CT molecular complexity index is 3800. The van der Waals surface area contributed by atoms with Crippen LogP contribution in [0.2, 0.25) is 39.3 Å². The van der Waals surface area contributed by atoms with Crippen LogP contribution in [0.1, 0.15) is 11.1 Å². The smallest absolute Gasteiger partial charge is 0.135 e. The second kappa shape index (κ2) is 16.5. The first-order valence-electron chi connectivity index (χ1n) is 24.6. The Morgan fingerprint density at radius 1 is 0.357 bits per heavy atom. The molecule has 4 nitrogen and oxygen atoms in total. The molecule has 0 saturated carbocycles. The van der Waals surface area contributed by atoms with Crippen LogP contribution in [0.15, 0.2) is 205 Å². The van der Waals surface area contributed by atoms with Gasteiger partial charge in [0.25, 0.3) is 0 Å². The van der Waals surface area contributed by atoms with Crippen LogP contribution in [0.5, 0.6) is 0 Å². The highest BCUT2D eigenvalue weighted by Crippen LogP contribution is 2.50. The maximum atomic E-state index is 6.48. The standard InChI is InChI=1S/C64H57N3OSi2/c1-42-19-9-16-26-55(42)65(44-29-34-47(35-30-44)69(3,4)5)57-40-59-63(52-24-13-11-21-49(52)57)64-53-25-14-12-22-50(53)58(66(56-27-17-10-20-43(56)2)45-31-36-48(37-32-45)70(6,7)8)41-60(64)67(59)46-33-38-62-54(39-46)51-23-15-18-28-61(51)68-62/h9-41H,1-8H3. The lowest BCUT2D eigenvalue weighted by Gasteiger charge is -2.29. The molecule has 0 spiro atoms. The van der Waals surface area contributed by atoms with E-state index in [1.807, 2.05) is 0 Å². The SMILES string of the molecule is Cc1ccccc1N(c1ccc([Si](C)(C)C)cc1)c1cc2c(c3ccccc13)c1c3ccccc3c(N(c3ccc([Si](C)(C)C)cc3)c3ccccc3C)cc1n2-c1ccc2oc3ccccc3c2c1. The number of para-hydroxylation sites is 3. The van der Waals surface area contributed by atoms with Gasteiger partial charge in [-0.15, -0.1) is 0 Å². The third-order valence-electron chi connectivity index (χ3n) is 14.5. The maximum absolute atomic E-state index is 6.48. The predicted octanol–water partition coefficient (Wildman–Crippen LogP) is 17.6. The van der Waals surface area contributed by atoms with Gasteiger partial charge in [-0.2, -0.15) is 0 Å². The third kappa shape index (κ3) is 7.16. The van der Waals surface area contributed by atoms with Crippen molar-refractivity contribution in [3.05, 3.63) is 211 Å². The summed E-state index contributed by atoms with van der Waals surface area (Å²) in [5.74, 6) is 0. The van der Waals surface area contributed by atoms with E-state index < -0.39 is 16.1 Å². The molecule has 0 radical (unpaired) electrons. The van der Waals surface area contributed by atoms with Crippen molar-refractivity contribution in [1.29, 1.82) is 0 Å². The normalized spacial score (nSPS) is 12.3. The molecule has 0 atom stereocenters. The molecule has 2 aromatic heterocycles. The van der Waals surface area contributed by atoms with Crippen LogP contribution < -0.4 is 20.2 Å². The Balaban J connectivity index is 1.24. The number of nitrogens with zero attached hydrogens (tertiary/aromatic N) is 3. The van der Waals surface area contributed by atoms with E-state index in [2.05, 4.69) is 268 Å². The van der Waals surface area contributed by atoms with Crippen LogP contribution in [0.3, 0.4) is 0 Å². The van der Waals surface area contributed by atoms with Crippen LogP contribution >= 0.6 is 0 Å². The molecule has 6 heteroatoms. The molecule has 0 amide bonds. The van der Waals surface area contributed by atoms with Crippen molar-refractivity contribution in [2.45, 2.75) is 53.1 Å². The first-order valence-corrected chi connectivity index (χ1v) is 31.6. The predicted molar refractivity (Wildman–Crippen MR) is 308 cm³/mol. The number of fused-ring (bicyclic) bond motifs is 10. The monoisotopic (exact) mass is 939 g/mol. The first kappa shape index (κ1) is 43.6. The highest BCUT2D eigenvalue weighted by atomic mass is 28.3. The molecule has 12 aromatic rings. The fraction of sp³-hybridized carbons (Fsp3) is 0.125. The zero-order chi connectivity index (χ0) is 48.1. The second-order valence-electron chi connectivity index (χ2n) is 21.1. The Labute approximate surface area is 412 Å². The minimum absolute atomic E-state index is 0.878. The van der Waals surface area contributed by atoms with E-state index in [9.17, 15) is 0 Å². The number of benzene rings is 10. The largest absolute Gasteiger partial charge is 0.456 e. The Morgan fingerprint density at radius 2 is 0.757 bits per heavy atom. The van der Waals surface area contributed by atoms with Crippen LogP contribution in [0, 0.1) is 13.8 Å². The van der Waals surface area contributed by atoms with Crippen molar-refractivity contribution >= 4 is 126 Å². The lowest BCUT2D eigenvalue weighted by molar-refractivity contribution is 0.669.